The van der Waals surface area contributed by atoms with Gasteiger partial charge in [-0.25, -0.2) is 4.39 Å². The molecule has 5 nitrogen and oxygen atoms in total. The fraction of sp³-hybridized carbons (Fsp3) is 0.417. The zero-order valence-corrected chi connectivity index (χ0v) is 17.7. The van der Waals surface area contributed by atoms with Gasteiger partial charge in [0.25, 0.3) is 5.91 Å². The SMILES string of the molecule is CCC(CC)NC(=O)C1CN(C(=O)C(C)Cc2cccc(F)c2)c2ccccc2O1. The molecule has 0 fully saturated rings. The molecule has 0 spiro atoms. The van der Waals surface area contributed by atoms with Crippen LogP contribution < -0.4 is 15.0 Å². The van der Waals surface area contributed by atoms with E-state index < -0.39 is 6.10 Å². The fourth-order valence-corrected chi connectivity index (χ4v) is 3.74. The zero-order chi connectivity index (χ0) is 21.7. The number of anilines is 1. The van der Waals surface area contributed by atoms with Crippen LogP contribution in [0.2, 0.25) is 0 Å². The number of nitrogens with zero attached hydrogens (tertiary/aromatic N) is 1. The molecule has 2 aromatic rings. The molecule has 30 heavy (non-hydrogen) atoms. The minimum Gasteiger partial charge on any atom is -0.477 e. The van der Waals surface area contributed by atoms with Crippen molar-refractivity contribution in [2.45, 2.75) is 52.2 Å². The molecular formula is C24H29FN2O3. The first kappa shape index (κ1) is 21.8. The van der Waals surface area contributed by atoms with Crippen LogP contribution in [0.15, 0.2) is 48.5 Å². The molecule has 0 radical (unpaired) electrons. The predicted octanol–water partition coefficient (Wildman–Crippen LogP) is 4.10. The van der Waals surface area contributed by atoms with Crippen molar-refractivity contribution in [2.75, 3.05) is 11.4 Å². The second-order valence-corrected chi connectivity index (χ2v) is 7.78. The number of fused-ring (bicyclic) bond motifs is 1. The Kier molecular flexibility index (Phi) is 7.08. The van der Waals surface area contributed by atoms with E-state index in [1.165, 1.54) is 12.1 Å². The molecule has 1 aliphatic rings. The molecule has 6 heteroatoms. The van der Waals surface area contributed by atoms with Crippen LogP contribution >= 0.6 is 0 Å². The van der Waals surface area contributed by atoms with E-state index in [2.05, 4.69) is 5.32 Å². The molecule has 1 aliphatic heterocycles. The number of rotatable bonds is 7. The van der Waals surface area contributed by atoms with E-state index in [1.807, 2.05) is 45.0 Å². The topological polar surface area (TPSA) is 58.6 Å². The van der Waals surface area contributed by atoms with Crippen molar-refractivity contribution < 1.29 is 18.7 Å². The van der Waals surface area contributed by atoms with E-state index in [4.69, 9.17) is 4.74 Å². The normalized spacial score (nSPS) is 16.6. The van der Waals surface area contributed by atoms with E-state index >= 15 is 0 Å². The molecule has 3 rings (SSSR count). The number of ether oxygens (including phenoxy) is 1. The summed E-state index contributed by atoms with van der Waals surface area (Å²) in [5.41, 5.74) is 1.42. The van der Waals surface area contributed by atoms with Crippen LogP contribution in [0, 0.1) is 11.7 Å². The first-order valence-corrected chi connectivity index (χ1v) is 10.5. The van der Waals surface area contributed by atoms with Crippen molar-refractivity contribution in [3.63, 3.8) is 0 Å². The number of nitrogens with one attached hydrogen (secondary N) is 1. The molecule has 1 N–H and O–H groups in total. The number of benzene rings is 2. The lowest BCUT2D eigenvalue weighted by Gasteiger charge is -2.36. The van der Waals surface area contributed by atoms with Crippen molar-refractivity contribution in [3.8, 4) is 5.75 Å². The summed E-state index contributed by atoms with van der Waals surface area (Å²) in [6, 6.07) is 13.6. The van der Waals surface area contributed by atoms with Crippen molar-refractivity contribution in [1.82, 2.24) is 5.32 Å². The summed E-state index contributed by atoms with van der Waals surface area (Å²) in [6.45, 7) is 6.02. The predicted molar refractivity (Wildman–Crippen MR) is 115 cm³/mol. The summed E-state index contributed by atoms with van der Waals surface area (Å²) < 4.78 is 19.4. The van der Waals surface area contributed by atoms with Gasteiger partial charge in [0.05, 0.1) is 12.2 Å². The third-order valence-corrected chi connectivity index (χ3v) is 5.52. The molecule has 0 bridgehead atoms. The van der Waals surface area contributed by atoms with E-state index in [0.29, 0.717) is 17.9 Å². The van der Waals surface area contributed by atoms with Crippen molar-refractivity contribution >= 4 is 17.5 Å². The molecule has 0 aliphatic carbocycles. The second-order valence-electron chi connectivity index (χ2n) is 7.78. The van der Waals surface area contributed by atoms with Gasteiger partial charge in [0, 0.05) is 12.0 Å². The highest BCUT2D eigenvalue weighted by molar-refractivity contribution is 5.98. The molecule has 0 saturated carbocycles. The standard InChI is InChI=1S/C24H29FN2O3/c1-4-19(5-2)26-23(28)22-15-27(20-11-6-7-12-21(20)30-22)24(29)16(3)13-17-9-8-10-18(25)14-17/h6-12,14,16,19,22H,4-5,13,15H2,1-3H3,(H,26,28). The Morgan fingerprint density at radius 3 is 2.60 bits per heavy atom. The van der Waals surface area contributed by atoms with Gasteiger partial charge in [-0.3, -0.25) is 9.59 Å². The highest BCUT2D eigenvalue weighted by atomic mass is 19.1. The Morgan fingerprint density at radius 1 is 1.17 bits per heavy atom. The number of carbonyl (C=O) groups is 2. The molecule has 2 amide bonds. The Balaban J connectivity index is 1.79. The van der Waals surface area contributed by atoms with Gasteiger partial charge in [0.15, 0.2) is 6.10 Å². The van der Waals surface area contributed by atoms with Gasteiger partial charge in [-0.2, -0.15) is 0 Å². The number of amides is 2. The maximum Gasteiger partial charge on any atom is 0.263 e. The van der Waals surface area contributed by atoms with Crippen LogP contribution in [0.3, 0.4) is 0 Å². The van der Waals surface area contributed by atoms with Gasteiger partial charge < -0.3 is 15.0 Å². The Bertz CT molecular complexity index is 898. The van der Waals surface area contributed by atoms with E-state index in [9.17, 15) is 14.0 Å². The van der Waals surface area contributed by atoms with Crippen LogP contribution in [-0.2, 0) is 16.0 Å². The Hall–Kier alpha value is -2.89. The minimum atomic E-state index is -0.772. The summed E-state index contributed by atoms with van der Waals surface area (Å²) in [6.07, 6.45) is 1.31. The molecule has 0 saturated heterocycles. The van der Waals surface area contributed by atoms with Gasteiger partial charge >= 0.3 is 0 Å². The number of carbonyl (C=O) groups excluding carboxylic acids is 2. The van der Waals surface area contributed by atoms with Crippen LogP contribution in [0.4, 0.5) is 10.1 Å². The van der Waals surface area contributed by atoms with Crippen LogP contribution in [0.25, 0.3) is 0 Å². The fourth-order valence-electron chi connectivity index (χ4n) is 3.74. The number of hydrogen-bond acceptors (Lipinski definition) is 3. The third-order valence-electron chi connectivity index (χ3n) is 5.52. The Labute approximate surface area is 177 Å². The van der Waals surface area contributed by atoms with Gasteiger partial charge in [0.2, 0.25) is 5.91 Å². The van der Waals surface area contributed by atoms with E-state index in [1.54, 1.807) is 17.0 Å². The molecule has 2 atom stereocenters. The van der Waals surface area contributed by atoms with Crippen molar-refractivity contribution in [2.24, 2.45) is 5.92 Å². The molecule has 2 aromatic carbocycles. The molecule has 2 unspecified atom stereocenters. The number of para-hydroxylation sites is 2. The number of halogens is 1. The largest absolute Gasteiger partial charge is 0.477 e. The van der Waals surface area contributed by atoms with Crippen molar-refractivity contribution in [1.29, 1.82) is 0 Å². The zero-order valence-electron chi connectivity index (χ0n) is 17.7. The third kappa shape index (κ3) is 4.99. The summed E-state index contributed by atoms with van der Waals surface area (Å²) in [5, 5.41) is 3.01. The van der Waals surface area contributed by atoms with Gasteiger partial charge in [-0.15, -0.1) is 0 Å². The smallest absolute Gasteiger partial charge is 0.263 e. The Morgan fingerprint density at radius 2 is 1.90 bits per heavy atom. The van der Waals surface area contributed by atoms with Crippen LogP contribution in [-0.4, -0.2) is 30.5 Å². The summed E-state index contributed by atoms with van der Waals surface area (Å²) in [4.78, 5) is 27.7. The highest BCUT2D eigenvalue weighted by Gasteiger charge is 2.35. The van der Waals surface area contributed by atoms with E-state index in [-0.39, 0.29) is 36.1 Å². The summed E-state index contributed by atoms with van der Waals surface area (Å²) >= 11 is 0. The lowest BCUT2D eigenvalue weighted by atomic mass is 9.98. The summed E-state index contributed by atoms with van der Waals surface area (Å²) in [7, 11) is 0. The molecule has 1 heterocycles. The first-order valence-electron chi connectivity index (χ1n) is 10.5. The van der Waals surface area contributed by atoms with Crippen LogP contribution in [0.1, 0.15) is 39.2 Å². The lowest BCUT2D eigenvalue weighted by molar-refractivity contribution is -0.129. The quantitative estimate of drug-likeness (QED) is 0.745. The van der Waals surface area contributed by atoms with Gasteiger partial charge in [-0.05, 0) is 49.1 Å². The van der Waals surface area contributed by atoms with Crippen molar-refractivity contribution in [3.05, 3.63) is 59.9 Å². The van der Waals surface area contributed by atoms with Gasteiger partial charge in [-0.1, -0.05) is 45.0 Å². The molecule has 160 valence electrons. The lowest BCUT2D eigenvalue weighted by Crippen LogP contribution is -2.53. The minimum absolute atomic E-state index is 0.0781. The first-order chi connectivity index (χ1) is 14.4. The van der Waals surface area contributed by atoms with E-state index in [0.717, 1.165) is 18.4 Å². The average molecular weight is 413 g/mol. The molecule has 0 aromatic heterocycles. The number of hydrogen-bond donors (Lipinski definition) is 1. The van der Waals surface area contributed by atoms with Gasteiger partial charge in [0.1, 0.15) is 11.6 Å². The summed E-state index contributed by atoms with van der Waals surface area (Å²) in [5.74, 6) is -0.508. The van der Waals surface area contributed by atoms with Crippen LogP contribution in [0.5, 0.6) is 5.75 Å². The maximum absolute atomic E-state index is 13.5. The highest BCUT2D eigenvalue weighted by Crippen LogP contribution is 2.34. The second kappa shape index (κ2) is 9.74. The molecular weight excluding hydrogens is 383 g/mol. The maximum atomic E-state index is 13.5. The average Bonchev–Trinajstić information content (AvgIpc) is 2.76. The monoisotopic (exact) mass is 412 g/mol.